The van der Waals surface area contributed by atoms with Crippen LogP contribution in [0.25, 0.3) is 0 Å². The SMILES string of the molecule is NC(=O)Oc1cc(I)c(Cl)c(N)n1. The van der Waals surface area contributed by atoms with Crippen LogP contribution in [0.2, 0.25) is 5.02 Å². The van der Waals surface area contributed by atoms with E-state index in [9.17, 15) is 4.79 Å². The molecule has 4 N–H and O–H groups in total. The number of carbonyl (C=O) groups excluding carboxylic acids is 1. The van der Waals surface area contributed by atoms with Crippen LogP contribution in [0, 0.1) is 3.57 Å². The standard InChI is InChI=1S/C6H5ClIN3O2/c7-4-2(8)1-3(11-5(4)9)13-6(10)12/h1H,(H2,9,11)(H2,10,12). The summed E-state index contributed by atoms with van der Waals surface area (Å²) in [4.78, 5) is 14.1. The molecule has 0 aliphatic rings. The lowest BCUT2D eigenvalue weighted by Crippen LogP contribution is -2.17. The smallest absolute Gasteiger partial charge is 0.391 e. The number of nitrogen functional groups attached to an aromatic ring is 1. The zero-order valence-corrected chi connectivity index (χ0v) is 9.17. The van der Waals surface area contributed by atoms with Crippen LogP contribution in [0.3, 0.4) is 0 Å². The second-order valence-corrected chi connectivity index (χ2v) is 3.60. The normalized spacial score (nSPS) is 9.69. The van der Waals surface area contributed by atoms with Gasteiger partial charge in [-0.25, -0.2) is 4.79 Å². The quantitative estimate of drug-likeness (QED) is 0.766. The Hall–Kier alpha value is -0.760. The molecular formula is C6H5ClIN3O2. The molecule has 5 nitrogen and oxygen atoms in total. The molecule has 0 aliphatic carbocycles. The minimum Gasteiger partial charge on any atom is -0.391 e. The van der Waals surface area contributed by atoms with Gasteiger partial charge in [0.25, 0.3) is 0 Å². The third-order valence-corrected chi connectivity index (χ3v) is 2.69. The van der Waals surface area contributed by atoms with Gasteiger partial charge in [-0.05, 0) is 22.6 Å². The maximum atomic E-state index is 10.4. The van der Waals surface area contributed by atoms with E-state index in [2.05, 4.69) is 9.72 Å². The Balaban J connectivity index is 3.06. The molecule has 0 fully saturated rings. The highest BCUT2D eigenvalue weighted by Gasteiger charge is 2.08. The number of rotatable bonds is 1. The molecule has 0 saturated heterocycles. The van der Waals surface area contributed by atoms with Gasteiger partial charge in [0.1, 0.15) is 5.82 Å². The number of primary amides is 1. The zero-order chi connectivity index (χ0) is 10.0. The summed E-state index contributed by atoms with van der Waals surface area (Å²) in [6.07, 6.45) is -0.940. The van der Waals surface area contributed by atoms with Crippen LogP contribution in [0.15, 0.2) is 6.07 Å². The number of nitrogens with zero attached hydrogens (tertiary/aromatic N) is 1. The van der Waals surface area contributed by atoms with Crippen molar-refractivity contribution in [1.29, 1.82) is 0 Å². The van der Waals surface area contributed by atoms with Crippen molar-refractivity contribution in [2.24, 2.45) is 5.73 Å². The maximum Gasteiger partial charge on any atom is 0.411 e. The molecule has 1 rings (SSSR count). The number of pyridine rings is 1. The van der Waals surface area contributed by atoms with Gasteiger partial charge >= 0.3 is 6.09 Å². The number of ether oxygens (including phenoxy) is 1. The highest BCUT2D eigenvalue weighted by molar-refractivity contribution is 14.1. The number of amides is 1. The van der Waals surface area contributed by atoms with Gasteiger partial charge < -0.3 is 16.2 Å². The Morgan fingerprint density at radius 3 is 2.77 bits per heavy atom. The number of anilines is 1. The van der Waals surface area contributed by atoms with E-state index < -0.39 is 6.09 Å². The summed E-state index contributed by atoms with van der Waals surface area (Å²) in [5.74, 6) is 0.142. The Bertz CT molecular complexity index is 335. The average Bonchev–Trinajstić information content (AvgIpc) is 1.98. The predicted molar refractivity (Wildman–Crippen MR) is 56.6 cm³/mol. The van der Waals surface area contributed by atoms with Crippen LogP contribution in [0.5, 0.6) is 5.88 Å². The van der Waals surface area contributed by atoms with E-state index in [-0.39, 0.29) is 11.7 Å². The molecule has 7 heteroatoms. The lowest BCUT2D eigenvalue weighted by molar-refractivity contribution is 0.209. The summed E-state index contributed by atoms with van der Waals surface area (Å²) in [6.45, 7) is 0. The summed E-state index contributed by atoms with van der Waals surface area (Å²) in [5.41, 5.74) is 10.2. The van der Waals surface area contributed by atoms with Crippen molar-refractivity contribution in [1.82, 2.24) is 4.98 Å². The Morgan fingerprint density at radius 2 is 2.31 bits per heavy atom. The number of hydrogen-bond acceptors (Lipinski definition) is 4. The molecular weight excluding hydrogens is 308 g/mol. The molecule has 0 saturated carbocycles. The molecule has 0 spiro atoms. The molecule has 1 amide bonds. The molecule has 0 radical (unpaired) electrons. The number of nitrogens with two attached hydrogens (primary N) is 2. The lowest BCUT2D eigenvalue weighted by atomic mass is 10.4. The first-order valence-corrected chi connectivity index (χ1v) is 4.55. The first kappa shape index (κ1) is 10.3. The third-order valence-electron chi connectivity index (χ3n) is 1.12. The molecule has 0 atom stereocenters. The van der Waals surface area contributed by atoms with E-state index in [1.165, 1.54) is 6.07 Å². The molecule has 13 heavy (non-hydrogen) atoms. The second kappa shape index (κ2) is 3.97. The topological polar surface area (TPSA) is 91.2 Å². The minimum atomic E-state index is -0.940. The molecule has 0 unspecified atom stereocenters. The summed E-state index contributed by atoms with van der Waals surface area (Å²) >= 11 is 7.66. The van der Waals surface area contributed by atoms with Crippen LogP contribution in [-0.4, -0.2) is 11.1 Å². The van der Waals surface area contributed by atoms with E-state index >= 15 is 0 Å². The molecule has 1 aromatic heterocycles. The fourth-order valence-electron chi connectivity index (χ4n) is 0.650. The Morgan fingerprint density at radius 1 is 1.69 bits per heavy atom. The van der Waals surface area contributed by atoms with Crippen molar-refractivity contribution in [3.05, 3.63) is 14.7 Å². The summed E-state index contributed by atoms with van der Waals surface area (Å²) < 4.78 is 5.16. The maximum absolute atomic E-state index is 10.4. The fourth-order valence-corrected chi connectivity index (χ4v) is 1.29. The highest BCUT2D eigenvalue weighted by Crippen LogP contribution is 2.26. The van der Waals surface area contributed by atoms with Gasteiger partial charge in [-0.15, -0.1) is 0 Å². The largest absolute Gasteiger partial charge is 0.411 e. The fraction of sp³-hybridized carbons (Fsp3) is 0. The van der Waals surface area contributed by atoms with Gasteiger partial charge in [0.2, 0.25) is 5.88 Å². The van der Waals surface area contributed by atoms with E-state index in [0.29, 0.717) is 8.59 Å². The van der Waals surface area contributed by atoms with Gasteiger partial charge in [-0.1, -0.05) is 11.6 Å². The summed E-state index contributed by atoms with van der Waals surface area (Å²) in [6, 6.07) is 1.46. The van der Waals surface area contributed by atoms with E-state index in [1.54, 1.807) is 0 Å². The van der Waals surface area contributed by atoms with Gasteiger partial charge in [0, 0.05) is 9.64 Å². The monoisotopic (exact) mass is 313 g/mol. The number of aromatic nitrogens is 1. The number of hydrogen-bond donors (Lipinski definition) is 2. The van der Waals surface area contributed by atoms with E-state index in [0.717, 1.165) is 0 Å². The van der Waals surface area contributed by atoms with E-state index in [1.807, 2.05) is 22.6 Å². The van der Waals surface area contributed by atoms with Crippen LogP contribution >= 0.6 is 34.2 Å². The van der Waals surface area contributed by atoms with Crippen molar-refractivity contribution in [2.75, 3.05) is 5.73 Å². The van der Waals surface area contributed by atoms with Crippen molar-refractivity contribution in [3.63, 3.8) is 0 Å². The zero-order valence-electron chi connectivity index (χ0n) is 6.25. The number of halogens is 2. The second-order valence-electron chi connectivity index (χ2n) is 2.06. The van der Waals surface area contributed by atoms with Gasteiger partial charge in [-0.2, -0.15) is 4.98 Å². The van der Waals surface area contributed by atoms with Crippen molar-refractivity contribution in [3.8, 4) is 5.88 Å². The summed E-state index contributed by atoms with van der Waals surface area (Å²) in [5, 5.41) is 0.331. The van der Waals surface area contributed by atoms with Crippen molar-refractivity contribution < 1.29 is 9.53 Å². The first-order valence-electron chi connectivity index (χ1n) is 3.09. The molecule has 0 bridgehead atoms. The van der Waals surface area contributed by atoms with Gasteiger partial charge in [-0.3, -0.25) is 0 Å². The highest BCUT2D eigenvalue weighted by atomic mass is 127. The predicted octanol–water partition coefficient (Wildman–Crippen LogP) is 1.38. The average molecular weight is 313 g/mol. The first-order chi connectivity index (χ1) is 6.00. The van der Waals surface area contributed by atoms with Crippen LogP contribution in [0.1, 0.15) is 0 Å². The lowest BCUT2D eigenvalue weighted by Gasteiger charge is -2.03. The van der Waals surface area contributed by atoms with Gasteiger partial charge in [0.15, 0.2) is 0 Å². The van der Waals surface area contributed by atoms with Crippen molar-refractivity contribution >= 4 is 46.1 Å². The Labute approximate surface area is 92.5 Å². The molecule has 1 heterocycles. The van der Waals surface area contributed by atoms with Crippen LogP contribution < -0.4 is 16.2 Å². The third kappa shape index (κ3) is 2.59. The van der Waals surface area contributed by atoms with Crippen LogP contribution in [0.4, 0.5) is 10.6 Å². The minimum absolute atomic E-state index is 0.0406. The molecule has 1 aromatic rings. The molecule has 0 aliphatic heterocycles. The Kier molecular flexibility index (Phi) is 3.15. The number of carbonyl (C=O) groups is 1. The molecule has 0 aromatic carbocycles. The van der Waals surface area contributed by atoms with E-state index in [4.69, 9.17) is 23.1 Å². The van der Waals surface area contributed by atoms with Crippen molar-refractivity contribution in [2.45, 2.75) is 0 Å². The van der Waals surface area contributed by atoms with Crippen LogP contribution in [-0.2, 0) is 0 Å². The summed E-state index contributed by atoms with van der Waals surface area (Å²) in [7, 11) is 0. The van der Waals surface area contributed by atoms with Gasteiger partial charge in [0.05, 0.1) is 5.02 Å². The molecule has 70 valence electrons.